The van der Waals surface area contributed by atoms with E-state index >= 15 is 0 Å². The summed E-state index contributed by atoms with van der Waals surface area (Å²) in [5.41, 5.74) is 0. The molecule has 0 heterocycles. The van der Waals surface area contributed by atoms with Gasteiger partial charge in [-0.05, 0) is 19.3 Å². The number of rotatable bonds is 11. The molecular formula is C10H25O6P3. The van der Waals surface area contributed by atoms with E-state index in [1.165, 1.54) is 6.66 Å². The molecule has 0 spiro atoms. The molecule has 0 aliphatic rings. The molecule has 0 N–H and O–H groups in total. The first-order valence-electron chi connectivity index (χ1n) is 6.51. The van der Waals surface area contributed by atoms with Crippen molar-refractivity contribution in [1.29, 1.82) is 0 Å². The van der Waals surface area contributed by atoms with E-state index in [4.69, 9.17) is 13.1 Å². The second-order valence-corrected chi connectivity index (χ2v) is 10.7. The van der Waals surface area contributed by atoms with Crippen LogP contribution in [0, 0.1) is 0 Å². The summed E-state index contributed by atoms with van der Waals surface area (Å²) >= 11 is 0. The van der Waals surface area contributed by atoms with Gasteiger partial charge in [-0.2, -0.15) is 0 Å². The molecule has 0 saturated heterocycles. The average Bonchev–Trinajstić information content (AvgIpc) is 2.24. The maximum absolute atomic E-state index is 12.4. The SMILES string of the molecule is CCCO[PH](=O)OP(=O)(CCC)OP(C)(=O)CCC. The molecule has 6 nitrogen and oxygen atoms in total. The van der Waals surface area contributed by atoms with Crippen LogP contribution in [-0.2, 0) is 26.8 Å². The fraction of sp³-hybridized carbons (Fsp3) is 1.00. The maximum atomic E-state index is 12.4. The Hall–Kier alpha value is 0.570. The van der Waals surface area contributed by atoms with Crippen LogP contribution in [0.2, 0.25) is 0 Å². The Bertz CT molecular complexity index is 370. The van der Waals surface area contributed by atoms with Gasteiger partial charge in [0, 0.05) is 12.8 Å². The van der Waals surface area contributed by atoms with Crippen molar-refractivity contribution in [3.05, 3.63) is 0 Å². The largest absolute Gasteiger partial charge is 0.343 e. The van der Waals surface area contributed by atoms with Gasteiger partial charge >= 0.3 is 15.9 Å². The molecule has 9 heteroatoms. The Labute approximate surface area is 116 Å². The topological polar surface area (TPSA) is 78.9 Å². The smallest absolute Gasteiger partial charge is 0.310 e. The number of hydrogen-bond donors (Lipinski definition) is 0. The third-order valence-electron chi connectivity index (χ3n) is 2.06. The van der Waals surface area contributed by atoms with Gasteiger partial charge in [-0.1, -0.05) is 20.8 Å². The van der Waals surface area contributed by atoms with Crippen LogP contribution in [0.15, 0.2) is 0 Å². The Morgan fingerprint density at radius 1 is 1.00 bits per heavy atom. The molecule has 19 heavy (non-hydrogen) atoms. The predicted molar refractivity (Wildman–Crippen MR) is 78.9 cm³/mol. The molecule has 116 valence electrons. The zero-order valence-electron chi connectivity index (χ0n) is 12.1. The summed E-state index contributed by atoms with van der Waals surface area (Å²) in [5, 5.41) is 0. The summed E-state index contributed by atoms with van der Waals surface area (Å²) in [7, 11) is -9.49. The molecular weight excluding hydrogens is 309 g/mol. The normalized spacial score (nSPS) is 19.6. The summed E-state index contributed by atoms with van der Waals surface area (Å²) in [6.45, 7) is 7.20. The van der Waals surface area contributed by atoms with Crippen molar-refractivity contribution in [2.75, 3.05) is 25.6 Å². The standard InChI is InChI=1S/C10H25O6P3/c1-5-8-14-17(11)15-19(13,10-7-3)16-18(4,12)9-6-2/h17H,5-10H2,1-4H3. The first-order chi connectivity index (χ1) is 8.78. The van der Waals surface area contributed by atoms with Gasteiger partial charge in [-0.25, -0.2) is 4.31 Å². The highest BCUT2D eigenvalue weighted by molar-refractivity contribution is 7.71. The first-order valence-corrected chi connectivity index (χ1v) is 11.7. The van der Waals surface area contributed by atoms with Crippen LogP contribution in [0.5, 0.6) is 0 Å². The molecule has 0 aliphatic heterocycles. The molecule has 0 aromatic rings. The van der Waals surface area contributed by atoms with E-state index in [9.17, 15) is 13.7 Å². The molecule has 0 aromatic carbocycles. The first kappa shape index (κ1) is 19.6. The van der Waals surface area contributed by atoms with Crippen LogP contribution >= 0.6 is 23.2 Å². The van der Waals surface area contributed by atoms with E-state index in [0.717, 1.165) is 0 Å². The van der Waals surface area contributed by atoms with E-state index in [-0.39, 0.29) is 12.8 Å². The van der Waals surface area contributed by atoms with Gasteiger partial charge in [0.2, 0.25) is 7.37 Å². The fourth-order valence-electron chi connectivity index (χ4n) is 1.41. The molecule has 0 bridgehead atoms. The van der Waals surface area contributed by atoms with E-state index in [1.807, 2.05) is 13.8 Å². The van der Waals surface area contributed by atoms with Crippen LogP contribution < -0.4 is 0 Å². The van der Waals surface area contributed by atoms with Gasteiger partial charge in [0.1, 0.15) is 0 Å². The lowest BCUT2D eigenvalue weighted by Gasteiger charge is -2.21. The van der Waals surface area contributed by atoms with Gasteiger partial charge in [-0.15, -0.1) is 0 Å². The second-order valence-electron chi connectivity index (χ2n) is 4.34. The fourth-order valence-corrected chi connectivity index (χ4v) is 7.82. The van der Waals surface area contributed by atoms with Crippen molar-refractivity contribution in [3.8, 4) is 0 Å². The lowest BCUT2D eigenvalue weighted by atomic mass is 10.5. The van der Waals surface area contributed by atoms with Gasteiger partial charge in [-0.3, -0.25) is 18.0 Å². The summed E-state index contributed by atoms with van der Waals surface area (Å²) in [5.74, 6) is 0. The highest BCUT2D eigenvalue weighted by atomic mass is 31.3. The lowest BCUT2D eigenvalue weighted by Crippen LogP contribution is -1.98. The minimum Gasteiger partial charge on any atom is -0.310 e. The molecule has 0 fully saturated rings. The zero-order chi connectivity index (χ0) is 14.9. The number of hydrogen-bond acceptors (Lipinski definition) is 6. The maximum Gasteiger partial charge on any atom is 0.343 e. The van der Waals surface area contributed by atoms with Crippen LogP contribution in [0.1, 0.15) is 40.0 Å². The Balaban J connectivity index is 4.71. The van der Waals surface area contributed by atoms with E-state index in [2.05, 4.69) is 0 Å². The molecule has 0 radical (unpaired) electrons. The van der Waals surface area contributed by atoms with E-state index < -0.39 is 23.2 Å². The highest BCUT2D eigenvalue weighted by Crippen LogP contribution is 2.66. The average molecular weight is 334 g/mol. The molecule has 3 unspecified atom stereocenters. The van der Waals surface area contributed by atoms with Crippen LogP contribution in [0.3, 0.4) is 0 Å². The lowest BCUT2D eigenvalue weighted by molar-refractivity contribution is 0.275. The van der Waals surface area contributed by atoms with Crippen molar-refractivity contribution in [3.63, 3.8) is 0 Å². The third kappa shape index (κ3) is 9.18. The Morgan fingerprint density at radius 3 is 2.05 bits per heavy atom. The van der Waals surface area contributed by atoms with Crippen LogP contribution in [-0.4, -0.2) is 25.6 Å². The summed E-state index contributed by atoms with van der Waals surface area (Å²) in [6, 6.07) is 0. The summed E-state index contributed by atoms with van der Waals surface area (Å²) < 4.78 is 51.1. The Morgan fingerprint density at radius 2 is 1.58 bits per heavy atom. The van der Waals surface area contributed by atoms with Crippen LogP contribution in [0.4, 0.5) is 0 Å². The van der Waals surface area contributed by atoms with Crippen molar-refractivity contribution in [2.45, 2.75) is 40.0 Å². The molecule has 0 aliphatic carbocycles. The minimum atomic E-state index is -3.62. The molecule has 0 saturated carbocycles. The van der Waals surface area contributed by atoms with Gasteiger partial charge in [0.25, 0.3) is 0 Å². The molecule has 0 rings (SSSR count). The van der Waals surface area contributed by atoms with Crippen molar-refractivity contribution >= 4 is 23.2 Å². The quantitative estimate of drug-likeness (QED) is 0.507. The van der Waals surface area contributed by atoms with Crippen molar-refractivity contribution < 1.29 is 26.8 Å². The highest BCUT2D eigenvalue weighted by Gasteiger charge is 2.33. The monoisotopic (exact) mass is 334 g/mol. The van der Waals surface area contributed by atoms with E-state index in [0.29, 0.717) is 25.4 Å². The molecule has 0 amide bonds. The van der Waals surface area contributed by atoms with Gasteiger partial charge < -0.3 is 4.52 Å². The zero-order valence-corrected chi connectivity index (χ0v) is 14.9. The molecule has 3 atom stereocenters. The van der Waals surface area contributed by atoms with E-state index in [1.54, 1.807) is 6.92 Å². The van der Waals surface area contributed by atoms with Crippen molar-refractivity contribution in [1.82, 2.24) is 0 Å². The summed E-state index contributed by atoms with van der Waals surface area (Å²) in [4.78, 5) is 0. The Kier molecular flexibility index (Phi) is 9.78. The van der Waals surface area contributed by atoms with Crippen LogP contribution in [0.25, 0.3) is 0 Å². The second kappa shape index (κ2) is 9.50. The van der Waals surface area contributed by atoms with Gasteiger partial charge in [0.05, 0.1) is 12.8 Å². The van der Waals surface area contributed by atoms with Crippen molar-refractivity contribution in [2.24, 2.45) is 0 Å². The predicted octanol–water partition coefficient (Wildman–Crippen LogP) is 4.76. The molecule has 0 aromatic heterocycles. The minimum absolute atomic E-state index is 0.0838. The van der Waals surface area contributed by atoms with Gasteiger partial charge in [0.15, 0.2) is 0 Å². The third-order valence-corrected chi connectivity index (χ3v) is 8.84. The summed E-state index contributed by atoms with van der Waals surface area (Å²) in [6.07, 6.45) is 2.26.